The fourth-order valence-corrected chi connectivity index (χ4v) is 29.6. The lowest BCUT2D eigenvalue weighted by molar-refractivity contribution is 0.320. The molecule has 0 bridgehead atoms. The van der Waals surface area contributed by atoms with Crippen LogP contribution in [0.5, 0.6) is 0 Å². The Morgan fingerprint density at radius 3 is 1.19 bits per heavy atom. The Balaban J connectivity index is 2.98. The van der Waals surface area contributed by atoms with Gasteiger partial charge in [0.2, 0.25) is 0 Å². The Bertz CT molecular complexity index is 204. The van der Waals surface area contributed by atoms with Gasteiger partial charge in [-0.25, -0.2) is 0 Å². The fourth-order valence-electron chi connectivity index (χ4n) is 3.06. The van der Waals surface area contributed by atoms with Crippen molar-refractivity contribution in [1.82, 2.24) is 0 Å². The molecule has 1 heterocycles. The molecule has 0 spiro atoms. The minimum atomic E-state index is -1.99. The van der Waals surface area contributed by atoms with E-state index >= 15 is 0 Å². The second kappa shape index (κ2) is 4.14. The van der Waals surface area contributed by atoms with Crippen molar-refractivity contribution in [1.29, 1.82) is 0 Å². The molecule has 1 fully saturated rings. The molecular weight excluding hydrogens is 268 g/mol. The molecule has 0 aromatic carbocycles. The van der Waals surface area contributed by atoms with E-state index in [1.807, 2.05) is 0 Å². The van der Waals surface area contributed by atoms with Crippen LogP contribution in [0.3, 0.4) is 0 Å². The quantitative estimate of drug-likeness (QED) is 0.641. The van der Waals surface area contributed by atoms with Crippen molar-refractivity contribution in [3.8, 4) is 0 Å². The second-order valence-electron chi connectivity index (χ2n) is 6.80. The molecule has 0 radical (unpaired) electrons. The largest absolute Gasteiger partial charge is 0.437 e. The van der Waals surface area contributed by atoms with E-state index in [-0.39, 0.29) is 0 Å². The van der Waals surface area contributed by atoms with Crippen molar-refractivity contribution >= 4 is 33.8 Å². The van der Waals surface area contributed by atoms with Crippen molar-refractivity contribution in [3.63, 3.8) is 0 Å². The Morgan fingerprint density at radius 1 is 0.562 bits per heavy atom. The maximum Gasteiger partial charge on any atom is 0.312 e. The Hall–Kier alpha value is 0.748. The molecule has 96 valence electrons. The van der Waals surface area contributed by atoms with E-state index in [0.29, 0.717) is 0 Å². The zero-order valence-electron chi connectivity index (χ0n) is 11.9. The summed E-state index contributed by atoms with van der Waals surface area (Å²) in [6.45, 7) is 17.8. The van der Waals surface area contributed by atoms with Gasteiger partial charge in [0, 0.05) is 0 Å². The molecule has 0 N–H and O–H groups in total. The third-order valence-electron chi connectivity index (χ3n) is 2.39. The van der Waals surface area contributed by atoms with E-state index in [1.54, 1.807) is 0 Å². The van der Waals surface area contributed by atoms with Crippen LogP contribution < -0.4 is 0 Å². The normalized spacial score (nSPS) is 31.5. The van der Waals surface area contributed by atoms with E-state index in [4.69, 9.17) is 12.3 Å². The van der Waals surface area contributed by atoms with Crippen molar-refractivity contribution < 1.29 is 12.3 Å². The van der Waals surface area contributed by atoms with Crippen molar-refractivity contribution in [2.75, 3.05) is 0 Å². The molecule has 3 nitrogen and oxygen atoms in total. The third kappa shape index (κ3) is 4.55. The van der Waals surface area contributed by atoms with Crippen LogP contribution in [0.25, 0.3) is 0 Å². The highest BCUT2D eigenvalue weighted by molar-refractivity contribution is 6.98. The van der Waals surface area contributed by atoms with Gasteiger partial charge in [-0.2, -0.15) is 0 Å². The minimum absolute atomic E-state index is 1.18. The molecule has 0 amide bonds. The zero-order valence-corrected chi connectivity index (χ0v) is 15.9. The first-order chi connectivity index (χ1) is 6.83. The van der Waals surface area contributed by atoms with Crippen LogP contribution in [0.1, 0.15) is 0 Å². The molecule has 16 heavy (non-hydrogen) atoms. The van der Waals surface area contributed by atoms with Crippen LogP contribution in [-0.4, -0.2) is 33.8 Å². The van der Waals surface area contributed by atoms with Crippen molar-refractivity contribution in [2.45, 2.75) is 58.0 Å². The summed E-state index contributed by atoms with van der Waals surface area (Å²) in [6.07, 6.45) is 0. The molecule has 1 aliphatic heterocycles. The first-order valence-corrected chi connectivity index (χ1v) is 17.8. The highest BCUT2D eigenvalue weighted by Gasteiger charge is 2.49. The van der Waals surface area contributed by atoms with Gasteiger partial charge < -0.3 is 12.3 Å². The fraction of sp³-hybridized carbons (Fsp3) is 1.00. The van der Waals surface area contributed by atoms with Crippen LogP contribution in [-0.2, 0) is 12.3 Å². The number of hydrogen-bond donors (Lipinski definition) is 0. The van der Waals surface area contributed by atoms with Gasteiger partial charge in [0.15, 0.2) is 16.6 Å². The van der Waals surface area contributed by atoms with E-state index < -0.39 is 33.8 Å². The molecular formula is C9H26O3Si4. The standard InChI is InChI=1S/C9H26O3Si4/c1-13(2)9-14(3,4)11-16(7,8)12-15(5,6)10-13/h9H2,1-8H3. The van der Waals surface area contributed by atoms with Crippen LogP contribution in [0, 0.1) is 0 Å². The summed E-state index contributed by atoms with van der Waals surface area (Å²) in [5.41, 5.74) is 1.18. The summed E-state index contributed by atoms with van der Waals surface area (Å²) in [5, 5.41) is 0. The van der Waals surface area contributed by atoms with Crippen LogP contribution in [0.2, 0.25) is 58.0 Å². The lowest BCUT2D eigenvalue weighted by atomic mass is 11.8. The monoisotopic (exact) mass is 294 g/mol. The average molecular weight is 295 g/mol. The lowest BCUT2D eigenvalue weighted by Crippen LogP contribution is -2.62. The minimum Gasteiger partial charge on any atom is -0.437 e. The van der Waals surface area contributed by atoms with Gasteiger partial charge >= 0.3 is 17.1 Å². The highest BCUT2D eigenvalue weighted by atomic mass is 28.5. The highest BCUT2D eigenvalue weighted by Crippen LogP contribution is 2.32. The first-order valence-electron chi connectivity index (χ1n) is 5.93. The molecule has 1 rings (SSSR count). The van der Waals surface area contributed by atoms with Crippen molar-refractivity contribution in [3.05, 3.63) is 0 Å². The van der Waals surface area contributed by atoms with Gasteiger partial charge in [-0.15, -0.1) is 0 Å². The van der Waals surface area contributed by atoms with Crippen molar-refractivity contribution in [2.24, 2.45) is 0 Å². The molecule has 0 atom stereocenters. The van der Waals surface area contributed by atoms with E-state index in [2.05, 4.69) is 52.4 Å². The maximum absolute atomic E-state index is 6.38. The lowest BCUT2D eigenvalue weighted by Gasteiger charge is -2.46. The predicted molar refractivity (Wildman–Crippen MR) is 78.0 cm³/mol. The van der Waals surface area contributed by atoms with Gasteiger partial charge in [0.1, 0.15) is 0 Å². The molecule has 0 unspecified atom stereocenters. The van der Waals surface area contributed by atoms with Crippen LogP contribution in [0.4, 0.5) is 0 Å². The summed E-state index contributed by atoms with van der Waals surface area (Å²) in [6, 6.07) is 0. The number of hydrogen-bond acceptors (Lipinski definition) is 3. The summed E-state index contributed by atoms with van der Waals surface area (Å²) in [7, 11) is -7.19. The smallest absolute Gasteiger partial charge is 0.312 e. The summed E-state index contributed by atoms with van der Waals surface area (Å²) in [5.74, 6) is 0. The number of rotatable bonds is 0. The van der Waals surface area contributed by atoms with Gasteiger partial charge in [0.25, 0.3) is 0 Å². The Labute approximate surface area is 104 Å². The van der Waals surface area contributed by atoms with Gasteiger partial charge in [-0.3, -0.25) is 0 Å². The summed E-state index contributed by atoms with van der Waals surface area (Å²) < 4.78 is 19.0. The second-order valence-corrected chi connectivity index (χ2v) is 23.3. The maximum atomic E-state index is 6.38. The molecule has 1 aliphatic rings. The molecule has 0 aromatic heterocycles. The predicted octanol–water partition coefficient (Wildman–Crippen LogP) is 3.40. The average Bonchev–Trinajstić information content (AvgIpc) is 1.67. The molecule has 0 aromatic rings. The molecule has 7 heteroatoms. The zero-order chi connectivity index (χ0) is 12.8. The summed E-state index contributed by atoms with van der Waals surface area (Å²) >= 11 is 0. The van der Waals surface area contributed by atoms with E-state index in [1.165, 1.54) is 5.67 Å². The topological polar surface area (TPSA) is 27.7 Å². The van der Waals surface area contributed by atoms with Crippen LogP contribution >= 0.6 is 0 Å². The first kappa shape index (κ1) is 14.8. The molecule has 0 saturated carbocycles. The Morgan fingerprint density at radius 2 is 0.875 bits per heavy atom. The van der Waals surface area contributed by atoms with Gasteiger partial charge in [-0.1, -0.05) is 0 Å². The summed E-state index contributed by atoms with van der Waals surface area (Å²) in [4.78, 5) is 0. The SMILES string of the molecule is C[Si]1(C)C[Si](C)(C)O[Si](C)(C)O[Si](C)(C)O1. The van der Waals surface area contributed by atoms with E-state index in [0.717, 1.165) is 0 Å². The van der Waals surface area contributed by atoms with Crippen LogP contribution in [0.15, 0.2) is 0 Å². The third-order valence-corrected chi connectivity index (χ3v) is 21.5. The van der Waals surface area contributed by atoms with Gasteiger partial charge in [0.05, 0.1) is 0 Å². The van der Waals surface area contributed by atoms with Gasteiger partial charge in [-0.05, 0) is 58.0 Å². The Kier molecular flexibility index (Phi) is 3.84. The van der Waals surface area contributed by atoms with E-state index in [9.17, 15) is 0 Å². The molecule has 0 aliphatic carbocycles. The molecule has 1 saturated heterocycles.